The molecule has 2 rings (SSSR count). The molecule has 1 aliphatic rings. The van der Waals surface area contributed by atoms with Crippen LogP contribution in [0.4, 0.5) is 0 Å². The molecule has 1 saturated carbocycles. The van der Waals surface area contributed by atoms with Crippen LogP contribution in [0.25, 0.3) is 0 Å². The Kier molecular flexibility index (Phi) is 4.73. The molecule has 102 valence electrons. The fraction of sp³-hybridized carbons (Fsp3) is 0.786. The maximum atomic E-state index is 4.46. The van der Waals surface area contributed by atoms with Crippen molar-refractivity contribution >= 4 is 11.8 Å². The summed E-state index contributed by atoms with van der Waals surface area (Å²) in [5.74, 6) is 1.58. The lowest BCUT2D eigenvalue weighted by molar-refractivity contribution is 0.251. The molecular weight excluding hydrogens is 242 g/mol. The quantitative estimate of drug-likeness (QED) is 0.909. The molecule has 1 N–H and O–H groups in total. The van der Waals surface area contributed by atoms with Crippen LogP contribution in [0.2, 0.25) is 0 Å². The van der Waals surface area contributed by atoms with Crippen LogP contribution in [0.15, 0.2) is 17.6 Å². The largest absolute Gasteiger partial charge is 0.329 e. The summed E-state index contributed by atoms with van der Waals surface area (Å²) < 4.78 is 2.12. The zero-order chi connectivity index (χ0) is 13.1. The second kappa shape index (κ2) is 6.11. The molecule has 0 aliphatic heterocycles. The lowest BCUT2D eigenvalue weighted by Gasteiger charge is -2.39. The van der Waals surface area contributed by atoms with E-state index in [1.807, 2.05) is 24.2 Å². The summed E-state index contributed by atoms with van der Waals surface area (Å²) in [5.41, 5.74) is 0. The van der Waals surface area contributed by atoms with Gasteiger partial charge in [0.25, 0.3) is 0 Å². The molecular formula is C14H25N3S. The second-order valence-electron chi connectivity index (χ2n) is 5.62. The van der Waals surface area contributed by atoms with E-state index in [9.17, 15) is 0 Å². The Morgan fingerprint density at radius 2 is 2.22 bits per heavy atom. The van der Waals surface area contributed by atoms with Crippen molar-refractivity contribution in [3.8, 4) is 0 Å². The lowest BCUT2D eigenvalue weighted by atomic mass is 9.80. The molecule has 0 aromatic carbocycles. The smallest absolute Gasteiger partial charge is 0.168 e. The fourth-order valence-electron chi connectivity index (χ4n) is 3.08. The molecule has 1 aromatic heterocycles. The molecule has 0 spiro atoms. The van der Waals surface area contributed by atoms with Crippen LogP contribution in [-0.2, 0) is 7.05 Å². The lowest BCUT2D eigenvalue weighted by Crippen LogP contribution is -2.46. The average Bonchev–Trinajstić information content (AvgIpc) is 2.69. The first kappa shape index (κ1) is 13.9. The van der Waals surface area contributed by atoms with Crippen molar-refractivity contribution < 1.29 is 0 Å². The summed E-state index contributed by atoms with van der Waals surface area (Å²) in [6.45, 7) is 8.03. The van der Waals surface area contributed by atoms with Crippen molar-refractivity contribution in [2.75, 3.05) is 6.54 Å². The minimum Gasteiger partial charge on any atom is -0.329 e. The molecule has 1 aliphatic carbocycles. The molecule has 1 fully saturated rings. The molecule has 4 unspecified atom stereocenters. The highest BCUT2D eigenvalue weighted by atomic mass is 32.2. The van der Waals surface area contributed by atoms with Gasteiger partial charge in [-0.2, -0.15) is 0 Å². The first-order chi connectivity index (χ1) is 8.61. The van der Waals surface area contributed by atoms with Gasteiger partial charge in [0.05, 0.1) is 0 Å². The fourth-order valence-corrected chi connectivity index (χ4v) is 4.38. The summed E-state index contributed by atoms with van der Waals surface area (Å²) in [7, 11) is 2.08. The van der Waals surface area contributed by atoms with E-state index < -0.39 is 0 Å². The third-order valence-electron chi connectivity index (χ3n) is 3.87. The molecule has 0 amide bonds. The van der Waals surface area contributed by atoms with Gasteiger partial charge >= 0.3 is 0 Å². The van der Waals surface area contributed by atoms with Gasteiger partial charge in [-0.1, -0.05) is 32.5 Å². The molecule has 4 heteroatoms. The minimum atomic E-state index is 0.621. The van der Waals surface area contributed by atoms with Crippen LogP contribution in [0.1, 0.15) is 33.6 Å². The number of nitrogens with one attached hydrogen (secondary N) is 1. The predicted octanol–water partition coefficient (Wildman–Crippen LogP) is 2.92. The van der Waals surface area contributed by atoms with Gasteiger partial charge in [0.15, 0.2) is 5.16 Å². The van der Waals surface area contributed by atoms with E-state index in [-0.39, 0.29) is 0 Å². The summed E-state index contributed by atoms with van der Waals surface area (Å²) in [5, 5.41) is 5.45. The van der Waals surface area contributed by atoms with E-state index >= 15 is 0 Å². The Bertz CT molecular complexity index is 377. The van der Waals surface area contributed by atoms with Crippen molar-refractivity contribution in [2.24, 2.45) is 18.9 Å². The van der Waals surface area contributed by atoms with Gasteiger partial charge in [-0.05, 0) is 31.2 Å². The highest BCUT2D eigenvalue weighted by molar-refractivity contribution is 7.99. The average molecular weight is 267 g/mol. The number of rotatable bonds is 4. The molecule has 0 radical (unpaired) electrons. The van der Waals surface area contributed by atoms with E-state index in [0.717, 1.165) is 23.5 Å². The Balaban J connectivity index is 2.09. The van der Waals surface area contributed by atoms with Crippen LogP contribution in [0, 0.1) is 11.8 Å². The molecule has 0 saturated heterocycles. The Morgan fingerprint density at radius 1 is 1.44 bits per heavy atom. The standard InChI is InChI=1S/C14H25N3S/c1-5-15-12-9-10(2)8-11(3)13(12)18-14-16-6-7-17(14)4/h6-7,10-13,15H,5,8-9H2,1-4H3. The molecule has 18 heavy (non-hydrogen) atoms. The number of hydrogen-bond donors (Lipinski definition) is 1. The number of hydrogen-bond acceptors (Lipinski definition) is 3. The highest BCUT2D eigenvalue weighted by Gasteiger charge is 2.34. The molecule has 4 atom stereocenters. The van der Waals surface area contributed by atoms with Gasteiger partial charge < -0.3 is 9.88 Å². The summed E-state index contributed by atoms with van der Waals surface area (Å²) in [6, 6.07) is 0.621. The first-order valence-corrected chi connectivity index (χ1v) is 7.87. The van der Waals surface area contributed by atoms with Crippen LogP contribution >= 0.6 is 11.8 Å². The van der Waals surface area contributed by atoms with Crippen LogP contribution < -0.4 is 5.32 Å². The topological polar surface area (TPSA) is 29.9 Å². The SMILES string of the molecule is CCNC1CC(C)CC(C)C1Sc1nccn1C. The van der Waals surface area contributed by atoms with Crippen molar-refractivity contribution in [2.45, 2.75) is 50.1 Å². The normalized spacial score (nSPS) is 32.7. The molecule has 1 heterocycles. The van der Waals surface area contributed by atoms with Gasteiger partial charge in [0.1, 0.15) is 0 Å². The van der Waals surface area contributed by atoms with Gasteiger partial charge in [-0.25, -0.2) is 4.98 Å². The third kappa shape index (κ3) is 3.09. The van der Waals surface area contributed by atoms with E-state index in [2.05, 4.69) is 42.7 Å². The summed E-state index contributed by atoms with van der Waals surface area (Å²) >= 11 is 1.95. The maximum absolute atomic E-state index is 4.46. The van der Waals surface area contributed by atoms with E-state index in [4.69, 9.17) is 0 Å². The Morgan fingerprint density at radius 3 is 2.83 bits per heavy atom. The third-order valence-corrected chi connectivity index (χ3v) is 5.54. The summed E-state index contributed by atoms with van der Waals surface area (Å²) in [4.78, 5) is 4.46. The molecule has 3 nitrogen and oxygen atoms in total. The number of aryl methyl sites for hydroxylation is 1. The van der Waals surface area contributed by atoms with E-state index in [0.29, 0.717) is 11.3 Å². The van der Waals surface area contributed by atoms with Crippen molar-refractivity contribution in [3.63, 3.8) is 0 Å². The van der Waals surface area contributed by atoms with Crippen LogP contribution in [-0.4, -0.2) is 27.4 Å². The van der Waals surface area contributed by atoms with E-state index in [1.54, 1.807) is 0 Å². The number of thioether (sulfide) groups is 1. The van der Waals surface area contributed by atoms with Gasteiger partial charge in [-0.3, -0.25) is 0 Å². The second-order valence-corrected chi connectivity index (χ2v) is 6.77. The summed E-state index contributed by atoms with van der Waals surface area (Å²) in [6.07, 6.45) is 6.55. The minimum absolute atomic E-state index is 0.621. The van der Waals surface area contributed by atoms with Gasteiger partial charge in [0, 0.05) is 30.7 Å². The highest BCUT2D eigenvalue weighted by Crippen LogP contribution is 2.39. The number of imidazole rings is 1. The number of nitrogens with zero attached hydrogens (tertiary/aromatic N) is 2. The van der Waals surface area contributed by atoms with Crippen molar-refractivity contribution in [1.82, 2.24) is 14.9 Å². The van der Waals surface area contributed by atoms with Crippen molar-refractivity contribution in [3.05, 3.63) is 12.4 Å². The predicted molar refractivity (Wildman–Crippen MR) is 77.9 cm³/mol. The number of aromatic nitrogens is 2. The van der Waals surface area contributed by atoms with Gasteiger partial charge in [-0.15, -0.1) is 0 Å². The zero-order valence-electron chi connectivity index (χ0n) is 11.9. The Hall–Kier alpha value is -0.480. The van der Waals surface area contributed by atoms with Crippen molar-refractivity contribution in [1.29, 1.82) is 0 Å². The maximum Gasteiger partial charge on any atom is 0.168 e. The van der Waals surface area contributed by atoms with Crippen LogP contribution in [0.5, 0.6) is 0 Å². The molecule has 1 aromatic rings. The van der Waals surface area contributed by atoms with Gasteiger partial charge in [0.2, 0.25) is 0 Å². The monoisotopic (exact) mass is 267 g/mol. The first-order valence-electron chi connectivity index (χ1n) is 6.99. The zero-order valence-corrected chi connectivity index (χ0v) is 12.7. The Labute approximate surface area is 115 Å². The van der Waals surface area contributed by atoms with E-state index in [1.165, 1.54) is 12.8 Å². The van der Waals surface area contributed by atoms with Crippen LogP contribution in [0.3, 0.4) is 0 Å². The molecule has 0 bridgehead atoms.